The van der Waals surface area contributed by atoms with Crippen LogP contribution in [0.2, 0.25) is 0 Å². The van der Waals surface area contributed by atoms with E-state index in [1.54, 1.807) is 31.5 Å². The highest BCUT2D eigenvalue weighted by atomic mass is 19.1. The molecular formula is C17H19FN4O. The van der Waals surface area contributed by atoms with Crippen molar-refractivity contribution >= 4 is 17.5 Å². The van der Waals surface area contributed by atoms with Crippen LogP contribution in [0.1, 0.15) is 18.4 Å². The van der Waals surface area contributed by atoms with Gasteiger partial charge in [0.05, 0.1) is 5.92 Å². The van der Waals surface area contributed by atoms with Crippen LogP contribution in [0, 0.1) is 18.7 Å². The third-order valence-electron chi connectivity index (χ3n) is 3.94. The summed E-state index contributed by atoms with van der Waals surface area (Å²) in [5, 5.41) is 2.82. The van der Waals surface area contributed by atoms with E-state index in [1.807, 2.05) is 4.90 Å². The number of benzene rings is 1. The number of aromatic nitrogens is 2. The quantitative estimate of drug-likeness (QED) is 0.946. The van der Waals surface area contributed by atoms with Gasteiger partial charge in [-0.2, -0.15) is 0 Å². The summed E-state index contributed by atoms with van der Waals surface area (Å²) < 4.78 is 13.4. The van der Waals surface area contributed by atoms with E-state index in [2.05, 4.69) is 15.3 Å². The number of halogens is 1. The Kier molecular flexibility index (Phi) is 4.50. The van der Waals surface area contributed by atoms with Crippen molar-refractivity contribution < 1.29 is 9.18 Å². The van der Waals surface area contributed by atoms with Crippen molar-refractivity contribution in [2.75, 3.05) is 23.3 Å². The molecule has 1 unspecified atom stereocenters. The largest absolute Gasteiger partial charge is 0.340 e. The second kappa shape index (κ2) is 6.73. The zero-order valence-corrected chi connectivity index (χ0v) is 13.0. The van der Waals surface area contributed by atoms with Crippen LogP contribution in [-0.2, 0) is 4.79 Å². The Hall–Kier alpha value is -2.50. The summed E-state index contributed by atoms with van der Waals surface area (Å²) >= 11 is 0. The molecule has 1 aromatic heterocycles. The molecule has 2 heterocycles. The van der Waals surface area contributed by atoms with E-state index in [0.29, 0.717) is 18.2 Å². The van der Waals surface area contributed by atoms with Crippen LogP contribution in [0.5, 0.6) is 0 Å². The van der Waals surface area contributed by atoms with Gasteiger partial charge in [0.15, 0.2) is 0 Å². The number of carbonyl (C=O) groups is 1. The second-order valence-electron chi connectivity index (χ2n) is 5.84. The summed E-state index contributed by atoms with van der Waals surface area (Å²) in [5.74, 6) is 0.0571. The van der Waals surface area contributed by atoms with Gasteiger partial charge < -0.3 is 10.2 Å². The van der Waals surface area contributed by atoms with E-state index in [4.69, 9.17) is 0 Å². The maximum absolute atomic E-state index is 13.4. The highest BCUT2D eigenvalue weighted by Crippen LogP contribution is 2.22. The van der Waals surface area contributed by atoms with Crippen molar-refractivity contribution in [2.24, 2.45) is 5.92 Å². The molecule has 0 bridgehead atoms. The third-order valence-corrected chi connectivity index (χ3v) is 3.94. The van der Waals surface area contributed by atoms with Crippen molar-refractivity contribution in [1.29, 1.82) is 0 Å². The van der Waals surface area contributed by atoms with Crippen molar-refractivity contribution in [3.05, 3.63) is 48.0 Å². The Bertz CT molecular complexity index is 672. The monoisotopic (exact) mass is 314 g/mol. The molecule has 1 atom stereocenters. The van der Waals surface area contributed by atoms with Crippen LogP contribution in [0.25, 0.3) is 0 Å². The van der Waals surface area contributed by atoms with Gasteiger partial charge in [0.2, 0.25) is 11.9 Å². The molecule has 1 aromatic carbocycles. The number of aryl methyl sites for hydroxylation is 1. The maximum Gasteiger partial charge on any atom is 0.229 e. The fourth-order valence-electron chi connectivity index (χ4n) is 2.88. The second-order valence-corrected chi connectivity index (χ2v) is 5.84. The molecule has 120 valence electrons. The van der Waals surface area contributed by atoms with Crippen LogP contribution < -0.4 is 10.2 Å². The average Bonchev–Trinajstić information content (AvgIpc) is 2.55. The minimum atomic E-state index is -0.344. The van der Waals surface area contributed by atoms with Gasteiger partial charge in [0, 0.05) is 31.2 Å². The van der Waals surface area contributed by atoms with Gasteiger partial charge in [0.1, 0.15) is 5.82 Å². The lowest BCUT2D eigenvalue weighted by Crippen LogP contribution is -2.41. The van der Waals surface area contributed by atoms with E-state index in [-0.39, 0.29) is 17.6 Å². The lowest BCUT2D eigenvalue weighted by molar-refractivity contribution is -0.120. The first kappa shape index (κ1) is 15.4. The molecule has 3 rings (SSSR count). The first-order valence-electron chi connectivity index (χ1n) is 7.72. The number of nitrogens with zero attached hydrogens (tertiary/aromatic N) is 3. The average molecular weight is 314 g/mol. The van der Waals surface area contributed by atoms with Gasteiger partial charge in [-0.15, -0.1) is 0 Å². The molecule has 1 aliphatic rings. The van der Waals surface area contributed by atoms with Crippen LogP contribution in [0.3, 0.4) is 0 Å². The van der Waals surface area contributed by atoms with Gasteiger partial charge in [-0.1, -0.05) is 0 Å². The predicted octanol–water partition coefficient (Wildman–Crippen LogP) is 2.78. The van der Waals surface area contributed by atoms with E-state index >= 15 is 0 Å². The van der Waals surface area contributed by atoms with Gasteiger partial charge in [-0.25, -0.2) is 14.4 Å². The molecule has 23 heavy (non-hydrogen) atoms. The Morgan fingerprint density at radius 1 is 1.30 bits per heavy atom. The minimum absolute atomic E-state index is 0.0874. The normalized spacial score (nSPS) is 17.8. The molecule has 1 N–H and O–H groups in total. The number of hydrogen-bond acceptors (Lipinski definition) is 4. The lowest BCUT2D eigenvalue weighted by Gasteiger charge is -2.31. The minimum Gasteiger partial charge on any atom is -0.340 e. The molecule has 2 aromatic rings. The number of piperidine rings is 1. The molecule has 0 saturated carbocycles. The van der Waals surface area contributed by atoms with Crippen molar-refractivity contribution in [2.45, 2.75) is 19.8 Å². The molecule has 1 fully saturated rings. The topological polar surface area (TPSA) is 58.1 Å². The molecular weight excluding hydrogens is 295 g/mol. The van der Waals surface area contributed by atoms with Crippen LogP contribution in [0.15, 0.2) is 36.7 Å². The number of hydrogen-bond donors (Lipinski definition) is 1. The standard InChI is InChI=1S/C17H19FN4O/c1-12-8-14(18)10-15(9-12)21-16(23)13-4-2-7-22(11-13)17-19-5-3-6-20-17/h3,5-6,8-10,13H,2,4,7,11H2,1H3,(H,21,23). The first-order valence-corrected chi connectivity index (χ1v) is 7.72. The molecule has 0 spiro atoms. The summed E-state index contributed by atoms with van der Waals surface area (Å²) in [6.45, 7) is 3.21. The maximum atomic E-state index is 13.4. The van der Waals surface area contributed by atoms with Gasteiger partial charge in [-0.3, -0.25) is 4.79 Å². The number of amides is 1. The third kappa shape index (κ3) is 3.83. The van der Waals surface area contributed by atoms with Crippen molar-refractivity contribution in [1.82, 2.24) is 9.97 Å². The SMILES string of the molecule is Cc1cc(F)cc(NC(=O)C2CCCN(c3ncccn3)C2)c1. The summed E-state index contributed by atoms with van der Waals surface area (Å²) in [7, 11) is 0. The molecule has 0 aliphatic carbocycles. The number of anilines is 2. The molecule has 6 heteroatoms. The molecule has 1 saturated heterocycles. The first-order chi connectivity index (χ1) is 11.1. The van der Waals surface area contributed by atoms with E-state index in [0.717, 1.165) is 24.9 Å². The highest BCUT2D eigenvalue weighted by Gasteiger charge is 2.27. The zero-order chi connectivity index (χ0) is 16.2. The lowest BCUT2D eigenvalue weighted by atomic mass is 9.97. The Balaban J connectivity index is 1.67. The van der Waals surface area contributed by atoms with Crippen LogP contribution in [0.4, 0.5) is 16.0 Å². The summed E-state index contributed by atoms with van der Waals surface area (Å²) in [6, 6.07) is 6.31. The summed E-state index contributed by atoms with van der Waals surface area (Å²) in [4.78, 5) is 23.0. The Morgan fingerprint density at radius 2 is 2.09 bits per heavy atom. The van der Waals surface area contributed by atoms with Gasteiger partial charge in [0.25, 0.3) is 0 Å². The Morgan fingerprint density at radius 3 is 2.83 bits per heavy atom. The van der Waals surface area contributed by atoms with E-state index in [9.17, 15) is 9.18 Å². The number of nitrogens with one attached hydrogen (secondary N) is 1. The molecule has 1 aliphatic heterocycles. The predicted molar refractivity (Wildman–Crippen MR) is 86.7 cm³/mol. The van der Waals surface area contributed by atoms with Crippen molar-refractivity contribution in [3.8, 4) is 0 Å². The fraction of sp³-hybridized carbons (Fsp3) is 0.353. The number of rotatable bonds is 3. The molecule has 1 amide bonds. The van der Waals surface area contributed by atoms with Crippen molar-refractivity contribution in [3.63, 3.8) is 0 Å². The highest BCUT2D eigenvalue weighted by molar-refractivity contribution is 5.93. The van der Waals surface area contributed by atoms with E-state index in [1.165, 1.54) is 12.1 Å². The summed E-state index contributed by atoms with van der Waals surface area (Å²) in [6.07, 6.45) is 5.10. The Labute approximate surface area is 134 Å². The van der Waals surface area contributed by atoms with Gasteiger partial charge in [-0.05, 0) is 49.6 Å². The van der Waals surface area contributed by atoms with Crippen LogP contribution in [-0.4, -0.2) is 29.0 Å². The smallest absolute Gasteiger partial charge is 0.229 e. The fourth-order valence-corrected chi connectivity index (χ4v) is 2.88. The van der Waals surface area contributed by atoms with Crippen LogP contribution >= 0.6 is 0 Å². The zero-order valence-electron chi connectivity index (χ0n) is 13.0. The van der Waals surface area contributed by atoms with Gasteiger partial charge >= 0.3 is 0 Å². The molecule has 5 nitrogen and oxygen atoms in total. The molecule has 0 radical (unpaired) electrons. The summed E-state index contributed by atoms with van der Waals surface area (Å²) in [5.41, 5.74) is 1.28. The number of carbonyl (C=O) groups excluding carboxylic acids is 1. The van der Waals surface area contributed by atoms with E-state index < -0.39 is 0 Å².